The maximum absolute atomic E-state index is 11.9. The fourth-order valence-corrected chi connectivity index (χ4v) is 4.45. The molecular weight excluding hydrogens is 370 g/mol. The highest BCUT2D eigenvalue weighted by Gasteiger charge is 2.23. The molecule has 1 saturated heterocycles. The minimum atomic E-state index is 0.00726. The van der Waals surface area contributed by atoms with Gasteiger partial charge in [-0.05, 0) is 60.2 Å². The van der Waals surface area contributed by atoms with Gasteiger partial charge in [-0.2, -0.15) is 0 Å². The van der Waals surface area contributed by atoms with E-state index in [0.29, 0.717) is 5.92 Å². The van der Waals surface area contributed by atoms with Crippen LogP contribution in [0.5, 0.6) is 0 Å². The van der Waals surface area contributed by atoms with Gasteiger partial charge in [0.2, 0.25) is 5.91 Å². The Morgan fingerprint density at radius 2 is 1.97 bits per heavy atom. The normalized spacial score (nSPS) is 17.2. The summed E-state index contributed by atoms with van der Waals surface area (Å²) in [6.07, 6.45) is 8.19. The quantitative estimate of drug-likeness (QED) is 0.575. The number of hydrogen-bond acceptors (Lipinski definition) is 2. The van der Waals surface area contributed by atoms with Gasteiger partial charge in [0, 0.05) is 57.4 Å². The number of rotatable bonds is 6. The average molecular weight is 402 g/mol. The van der Waals surface area contributed by atoms with Crippen LogP contribution in [-0.2, 0) is 24.8 Å². The Hall–Kier alpha value is -2.85. The van der Waals surface area contributed by atoms with E-state index in [1.165, 1.54) is 35.0 Å². The number of hydrogen-bond donors (Lipinski definition) is 0. The summed E-state index contributed by atoms with van der Waals surface area (Å²) in [5, 5.41) is 1.30. The van der Waals surface area contributed by atoms with Gasteiger partial charge in [0.05, 0.1) is 0 Å². The third kappa shape index (κ3) is 4.65. The molecule has 30 heavy (non-hydrogen) atoms. The van der Waals surface area contributed by atoms with Crippen molar-refractivity contribution in [2.75, 3.05) is 27.2 Å². The minimum Gasteiger partial charge on any atom is -0.350 e. The molecule has 1 fully saturated rings. The van der Waals surface area contributed by atoms with E-state index in [0.717, 1.165) is 25.1 Å². The summed E-state index contributed by atoms with van der Waals surface area (Å²) < 4.78 is 2.22. The van der Waals surface area contributed by atoms with Crippen molar-refractivity contribution in [3.05, 3.63) is 77.5 Å². The zero-order valence-electron chi connectivity index (χ0n) is 18.2. The predicted octanol–water partition coefficient (Wildman–Crippen LogP) is 4.34. The van der Waals surface area contributed by atoms with Crippen molar-refractivity contribution in [1.82, 2.24) is 14.4 Å². The molecule has 1 atom stereocenters. The number of amides is 1. The van der Waals surface area contributed by atoms with Crippen LogP contribution in [0.15, 0.2) is 60.8 Å². The molecule has 1 aromatic heterocycles. The molecule has 1 aliphatic heterocycles. The van der Waals surface area contributed by atoms with Gasteiger partial charge in [-0.25, -0.2) is 0 Å². The van der Waals surface area contributed by atoms with E-state index in [1.807, 2.05) is 6.08 Å². The fourth-order valence-electron chi connectivity index (χ4n) is 4.45. The first kappa shape index (κ1) is 20.4. The lowest BCUT2D eigenvalue weighted by molar-refractivity contribution is -0.123. The molecule has 4 rings (SSSR count). The number of fused-ring (bicyclic) bond motifs is 1. The summed E-state index contributed by atoms with van der Waals surface area (Å²) in [4.78, 5) is 16.0. The molecule has 1 amide bonds. The van der Waals surface area contributed by atoms with Gasteiger partial charge in [-0.1, -0.05) is 36.4 Å². The molecule has 1 aliphatic rings. The van der Waals surface area contributed by atoms with E-state index >= 15 is 0 Å². The Balaban J connectivity index is 1.47. The molecule has 1 unspecified atom stereocenters. The Morgan fingerprint density at radius 1 is 1.17 bits per heavy atom. The first-order chi connectivity index (χ1) is 14.5. The molecule has 0 aliphatic carbocycles. The van der Waals surface area contributed by atoms with Crippen LogP contribution >= 0.6 is 0 Å². The number of carbonyl (C=O) groups is 1. The van der Waals surface area contributed by atoms with Crippen LogP contribution in [0.3, 0.4) is 0 Å². The largest absolute Gasteiger partial charge is 0.350 e. The van der Waals surface area contributed by atoms with Crippen molar-refractivity contribution < 1.29 is 4.79 Å². The SMILES string of the molecule is CN(C)C(=O)/C=C/c1ccc2c(c1)c(CC1CCN(Cc3ccccc3)C1)cn2C. The smallest absolute Gasteiger partial charge is 0.246 e. The van der Waals surface area contributed by atoms with Gasteiger partial charge in [-0.3, -0.25) is 9.69 Å². The Morgan fingerprint density at radius 3 is 2.73 bits per heavy atom. The lowest BCUT2D eigenvalue weighted by Crippen LogP contribution is -2.20. The molecule has 4 heteroatoms. The molecule has 2 aromatic carbocycles. The summed E-state index contributed by atoms with van der Waals surface area (Å²) in [5.74, 6) is 0.696. The zero-order valence-corrected chi connectivity index (χ0v) is 18.2. The van der Waals surface area contributed by atoms with Crippen molar-refractivity contribution in [2.24, 2.45) is 13.0 Å². The second kappa shape index (κ2) is 8.88. The van der Waals surface area contributed by atoms with E-state index in [1.54, 1.807) is 25.1 Å². The van der Waals surface area contributed by atoms with Gasteiger partial charge in [0.25, 0.3) is 0 Å². The molecule has 4 nitrogen and oxygen atoms in total. The van der Waals surface area contributed by atoms with E-state index < -0.39 is 0 Å². The third-order valence-electron chi connectivity index (χ3n) is 6.08. The number of likely N-dealkylation sites (tertiary alicyclic amines) is 1. The van der Waals surface area contributed by atoms with Crippen LogP contribution in [0, 0.1) is 5.92 Å². The van der Waals surface area contributed by atoms with Crippen LogP contribution in [0.25, 0.3) is 17.0 Å². The lowest BCUT2D eigenvalue weighted by Gasteiger charge is -2.16. The number of aryl methyl sites for hydroxylation is 1. The number of aromatic nitrogens is 1. The van der Waals surface area contributed by atoms with Gasteiger partial charge >= 0.3 is 0 Å². The molecule has 0 N–H and O–H groups in total. The van der Waals surface area contributed by atoms with Crippen LogP contribution in [-0.4, -0.2) is 47.5 Å². The fraction of sp³-hybridized carbons (Fsp3) is 0.346. The van der Waals surface area contributed by atoms with Gasteiger partial charge in [0.15, 0.2) is 0 Å². The standard InChI is InChI=1S/C26H31N3O/c1-27(2)26(30)12-10-20-9-11-25-24(16-20)23(19-28(25)3)15-22-13-14-29(18-22)17-21-7-5-4-6-8-21/h4-12,16,19,22H,13-15,17-18H2,1-3H3/b12-10+. The maximum Gasteiger partial charge on any atom is 0.246 e. The van der Waals surface area contributed by atoms with Crippen molar-refractivity contribution in [3.8, 4) is 0 Å². The van der Waals surface area contributed by atoms with E-state index in [9.17, 15) is 4.79 Å². The second-order valence-corrected chi connectivity index (χ2v) is 8.69. The summed E-state index contributed by atoms with van der Waals surface area (Å²) >= 11 is 0. The minimum absolute atomic E-state index is 0.00726. The summed E-state index contributed by atoms with van der Waals surface area (Å²) in [7, 11) is 5.66. The summed E-state index contributed by atoms with van der Waals surface area (Å²) in [5.41, 5.74) is 5.13. The van der Waals surface area contributed by atoms with Crippen LogP contribution in [0.2, 0.25) is 0 Å². The van der Waals surface area contributed by atoms with E-state index in [2.05, 4.69) is 71.2 Å². The molecule has 0 saturated carbocycles. The molecule has 0 radical (unpaired) electrons. The average Bonchev–Trinajstić information content (AvgIpc) is 3.31. The highest BCUT2D eigenvalue weighted by molar-refractivity contribution is 5.93. The van der Waals surface area contributed by atoms with Gasteiger partial charge in [0.1, 0.15) is 0 Å². The third-order valence-corrected chi connectivity index (χ3v) is 6.08. The Labute approximate surface area is 179 Å². The number of likely N-dealkylation sites (N-methyl/N-ethyl adjacent to an activating group) is 1. The molecule has 3 aromatic rings. The van der Waals surface area contributed by atoms with Crippen LogP contribution < -0.4 is 0 Å². The molecule has 0 bridgehead atoms. The summed E-state index contributed by atoms with van der Waals surface area (Å²) in [6, 6.07) is 17.2. The van der Waals surface area contributed by atoms with E-state index in [-0.39, 0.29) is 5.91 Å². The highest BCUT2D eigenvalue weighted by Crippen LogP contribution is 2.28. The van der Waals surface area contributed by atoms with E-state index in [4.69, 9.17) is 0 Å². The monoisotopic (exact) mass is 401 g/mol. The van der Waals surface area contributed by atoms with Crippen molar-refractivity contribution in [3.63, 3.8) is 0 Å². The van der Waals surface area contributed by atoms with Gasteiger partial charge < -0.3 is 9.47 Å². The molecular formula is C26H31N3O. The predicted molar refractivity (Wildman–Crippen MR) is 124 cm³/mol. The zero-order chi connectivity index (χ0) is 21.1. The topological polar surface area (TPSA) is 28.5 Å². The highest BCUT2D eigenvalue weighted by atomic mass is 16.2. The number of nitrogens with zero attached hydrogens (tertiary/aromatic N) is 3. The van der Waals surface area contributed by atoms with Crippen molar-refractivity contribution >= 4 is 22.9 Å². The Bertz CT molecular complexity index is 1050. The van der Waals surface area contributed by atoms with Gasteiger partial charge in [-0.15, -0.1) is 0 Å². The first-order valence-corrected chi connectivity index (χ1v) is 10.7. The van der Waals surface area contributed by atoms with Crippen molar-refractivity contribution in [1.29, 1.82) is 0 Å². The Kier molecular flexibility index (Phi) is 6.05. The van der Waals surface area contributed by atoms with Crippen LogP contribution in [0.1, 0.15) is 23.1 Å². The second-order valence-electron chi connectivity index (χ2n) is 8.69. The molecule has 156 valence electrons. The van der Waals surface area contributed by atoms with Crippen LogP contribution in [0.4, 0.5) is 0 Å². The lowest BCUT2D eigenvalue weighted by atomic mass is 9.97. The number of carbonyl (C=O) groups excluding carboxylic acids is 1. The number of benzene rings is 2. The maximum atomic E-state index is 11.9. The molecule has 2 heterocycles. The van der Waals surface area contributed by atoms with Crippen molar-refractivity contribution in [2.45, 2.75) is 19.4 Å². The summed E-state index contributed by atoms with van der Waals surface area (Å²) in [6.45, 7) is 3.37. The first-order valence-electron chi connectivity index (χ1n) is 10.7. The molecule has 0 spiro atoms.